The van der Waals surface area contributed by atoms with E-state index in [-0.39, 0.29) is 17.3 Å². The number of nitrogen functional groups attached to an aromatic ring is 2. The van der Waals surface area contributed by atoms with Crippen LogP contribution in [0.1, 0.15) is 20.8 Å². The number of benzene rings is 1. The lowest BCUT2D eigenvalue weighted by molar-refractivity contribution is -0.323. The van der Waals surface area contributed by atoms with Crippen LogP contribution in [0.4, 0.5) is 11.5 Å². The molecule has 3 aromatic rings. The maximum absolute atomic E-state index is 12.4. The molecule has 0 aliphatic carbocycles. The standard InChI is InChI=1S/C16H12ClN5OS/c17-11-4-2-1-3-8(11)7-21-15(23)13-12(19)10-5-9(6-18)14(20)22-16(10)24-13/h1-5H,7,19H2,(H2,20,22)(H,21,23)/p+1. The molecule has 0 bridgehead atoms. The third-order valence-corrected chi connectivity index (χ3v) is 5.04. The lowest BCUT2D eigenvalue weighted by atomic mass is 10.2. The summed E-state index contributed by atoms with van der Waals surface area (Å²) in [5.41, 5.74) is 13.2. The molecule has 0 unspecified atom stereocenters. The first-order chi connectivity index (χ1) is 11.5. The Labute approximate surface area is 146 Å². The average Bonchev–Trinajstić information content (AvgIpc) is 2.89. The Kier molecular flexibility index (Phi) is 4.25. The van der Waals surface area contributed by atoms with Gasteiger partial charge in [0, 0.05) is 11.6 Å². The number of nitrogens with two attached hydrogens (primary N) is 2. The number of carbonyl (C=O) groups is 1. The molecule has 1 amide bonds. The van der Waals surface area contributed by atoms with E-state index in [9.17, 15) is 4.79 Å². The van der Waals surface area contributed by atoms with Gasteiger partial charge in [0.1, 0.15) is 16.5 Å². The van der Waals surface area contributed by atoms with Gasteiger partial charge in [0.25, 0.3) is 11.7 Å². The summed E-state index contributed by atoms with van der Waals surface area (Å²) >= 11 is 7.27. The van der Waals surface area contributed by atoms with Crippen molar-refractivity contribution in [2.24, 2.45) is 0 Å². The van der Waals surface area contributed by atoms with Crippen LogP contribution >= 0.6 is 22.9 Å². The van der Waals surface area contributed by atoms with Crippen molar-refractivity contribution in [2.75, 3.05) is 11.5 Å². The van der Waals surface area contributed by atoms with Gasteiger partial charge < -0.3 is 11.1 Å². The summed E-state index contributed by atoms with van der Waals surface area (Å²) in [7, 11) is 0. The van der Waals surface area contributed by atoms with Crippen LogP contribution in [-0.4, -0.2) is 5.91 Å². The van der Waals surface area contributed by atoms with E-state index in [1.54, 1.807) is 12.1 Å². The summed E-state index contributed by atoms with van der Waals surface area (Å²) in [4.78, 5) is 16.3. The number of nitrogens with one attached hydrogen (secondary N) is 2. The van der Waals surface area contributed by atoms with Crippen LogP contribution in [0, 0.1) is 11.3 Å². The number of aromatic nitrogens is 1. The molecule has 2 heterocycles. The van der Waals surface area contributed by atoms with Gasteiger partial charge in [-0.25, -0.2) is 4.98 Å². The van der Waals surface area contributed by atoms with Crippen molar-refractivity contribution >= 4 is 50.6 Å². The van der Waals surface area contributed by atoms with Gasteiger partial charge in [0.15, 0.2) is 4.83 Å². The first-order valence-electron chi connectivity index (χ1n) is 6.96. The molecule has 3 rings (SSSR count). The van der Waals surface area contributed by atoms with E-state index in [4.69, 9.17) is 28.3 Å². The molecule has 0 radical (unpaired) electrons. The first-order valence-corrected chi connectivity index (χ1v) is 8.16. The van der Waals surface area contributed by atoms with Crippen LogP contribution in [0.5, 0.6) is 0 Å². The summed E-state index contributed by atoms with van der Waals surface area (Å²) in [6.45, 7) is 0.293. The molecule has 6 N–H and O–H groups in total. The van der Waals surface area contributed by atoms with Crippen molar-refractivity contribution in [3.8, 4) is 6.07 Å². The second-order valence-corrected chi connectivity index (χ2v) is 6.50. The SMILES string of the molecule is N#Cc1cc2c(N)c(C(=O)NCc3ccccc3Cl)sc2[nH+]c1N. The molecular weight excluding hydrogens is 346 g/mol. The van der Waals surface area contributed by atoms with E-state index >= 15 is 0 Å². The molecule has 2 aromatic heterocycles. The molecule has 0 spiro atoms. The number of fused-ring (bicyclic) bond motifs is 1. The lowest BCUT2D eigenvalue weighted by Gasteiger charge is -2.06. The van der Waals surface area contributed by atoms with Crippen LogP contribution in [0.25, 0.3) is 10.2 Å². The minimum atomic E-state index is -0.306. The quantitative estimate of drug-likeness (QED) is 0.665. The molecule has 24 heavy (non-hydrogen) atoms. The highest BCUT2D eigenvalue weighted by Gasteiger charge is 2.20. The second-order valence-electron chi connectivity index (χ2n) is 5.07. The number of hydrogen-bond acceptors (Lipinski definition) is 5. The van der Waals surface area contributed by atoms with E-state index in [1.165, 1.54) is 11.3 Å². The number of hydrogen-bond donors (Lipinski definition) is 3. The predicted molar refractivity (Wildman–Crippen MR) is 94.5 cm³/mol. The number of carbonyl (C=O) groups excluding carboxylic acids is 1. The molecule has 0 saturated heterocycles. The first kappa shape index (κ1) is 16.1. The molecule has 6 nitrogen and oxygen atoms in total. The molecule has 0 aliphatic heterocycles. The molecule has 1 aromatic carbocycles. The normalized spacial score (nSPS) is 10.5. The number of rotatable bonds is 3. The number of anilines is 2. The van der Waals surface area contributed by atoms with Crippen molar-refractivity contribution in [3.05, 3.63) is 51.4 Å². The van der Waals surface area contributed by atoms with Crippen LogP contribution < -0.4 is 21.8 Å². The second kappa shape index (κ2) is 6.35. The third kappa shape index (κ3) is 2.85. The fourth-order valence-corrected chi connectivity index (χ4v) is 3.49. The molecule has 0 atom stereocenters. The third-order valence-electron chi connectivity index (χ3n) is 3.53. The smallest absolute Gasteiger partial charge is 0.289 e. The summed E-state index contributed by atoms with van der Waals surface area (Å²) in [5.74, 6) is -0.0617. The van der Waals surface area contributed by atoms with Crippen molar-refractivity contribution in [3.63, 3.8) is 0 Å². The van der Waals surface area contributed by atoms with Crippen LogP contribution in [0.2, 0.25) is 5.02 Å². The maximum Gasteiger partial charge on any atom is 0.289 e. The Morgan fingerprint density at radius 1 is 1.38 bits per heavy atom. The molecule has 0 saturated carbocycles. The predicted octanol–water partition coefficient (Wildman–Crippen LogP) is 2.33. The fourth-order valence-electron chi connectivity index (χ4n) is 2.26. The zero-order chi connectivity index (χ0) is 17.3. The lowest BCUT2D eigenvalue weighted by Crippen LogP contribution is -2.22. The van der Waals surface area contributed by atoms with E-state index in [0.717, 1.165) is 5.56 Å². The number of nitriles is 1. The molecular formula is C16H13ClN5OS+. The number of aromatic amines is 1. The van der Waals surface area contributed by atoms with Gasteiger partial charge in [-0.1, -0.05) is 41.1 Å². The largest absolute Gasteiger partial charge is 0.397 e. The van der Waals surface area contributed by atoms with Gasteiger partial charge in [0.05, 0.1) is 11.1 Å². The molecule has 120 valence electrons. The molecule has 0 fully saturated rings. The Morgan fingerprint density at radius 3 is 2.83 bits per heavy atom. The van der Waals surface area contributed by atoms with Crippen LogP contribution in [0.3, 0.4) is 0 Å². The van der Waals surface area contributed by atoms with Crippen LogP contribution in [-0.2, 0) is 6.54 Å². The van der Waals surface area contributed by atoms with Crippen LogP contribution in [0.15, 0.2) is 30.3 Å². The Hall–Kier alpha value is -2.82. The Bertz CT molecular complexity index is 992. The van der Waals surface area contributed by atoms with Crippen molar-refractivity contribution in [2.45, 2.75) is 6.54 Å². The minimum Gasteiger partial charge on any atom is -0.397 e. The highest BCUT2D eigenvalue weighted by Crippen LogP contribution is 2.32. The van der Waals surface area contributed by atoms with E-state index in [2.05, 4.69) is 10.3 Å². The van der Waals surface area contributed by atoms with Crippen molar-refractivity contribution in [1.82, 2.24) is 5.32 Å². The summed E-state index contributed by atoms with van der Waals surface area (Å²) in [6, 6.07) is 10.8. The monoisotopic (exact) mass is 358 g/mol. The Balaban J connectivity index is 1.89. The van der Waals surface area contributed by atoms with Crippen molar-refractivity contribution < 1.29 is 9.78 Å². The molecule has 8 heteroatoms. The van der Waals surface area contributed by atoms with Gasteiger partial charge in [-0.2, -0.15) is 5.26 Å². The number of nitrogens with zero attached hydrogens (tertiary/aromatic N) is 1. The van der Waals surface area contributed by atoms with E-state index in [1.807, 2.05) is 24.3 Å². The average molecular weight is 359 g/mol. The fraction of sp³-hybridized carbons (Fsp3) is 0.0625. The van der Waals surface area contributed by atoms with Gasteiger partial charge in [-0.3, -0.25) is 10.5 Å². The topological polar surface area (TPSA) is 119 Å². The Morgan fingerprint density at radius 2 is 2.12 bits per heavy atom. The van der Waals surface area contributed by atoms with Gasteiger partial charge in [-0.05, 0) is 17.7 Å². The highest BCUT2D eigenvalue weighted by molar-refractivity contribution is 7.20. The van der Waals surface area contributed by atoms with Gasteiger partial charge >= 0.3 is 0 Å². The van der Waals surface area contributed by atoms with E-state index in [0.29, 0.717) is 32.3 Å². The zero-order valence-electron chi connectivity index (χ0n) is 12.4. The van der Waals surface area contributed by atoms with Gasteiger partial charge in [0.2, 0.25) is 0 Å². The number of H-pyrrole nitrogens is 1. The number of thiophene rings is 1. The number of halogens is 1. The maximum atomic E-state index is 12.4. The summed E-state index contributed by atoms with van der Waals surface area (Å²) in [5, 5.41) is 13.0. The van der Waals surface area contributed by atoms with E-state index < -0.39 is 0 Å². The van der Waals surface area contributed by atoms with Crippen molar-refractivity contribution in [1.29, 1.82) is 5.26 Å². The minimum absolute atomic E-state index is 0.245. The number of pyridine rings is 1. The summed E-state index contributed by atoms with van der Waals surface area (Å²) in [6.07, 6.45) is 0. The molecule has 0 aliphatic rings. The highest BCUT2D eigenvalue weighted by atomic mass is 35.5. The number of amides is 1. The van der Waals surface area contributed by atoms with Gasteiger partial charge in [-0.15, -0.1) is 0 Å². The zero-order valence-corrected chi connectivity index (χ0v) is 14.0. The summed E-state index contributed by atoms with van der Waals surface area (Å²) < 4.78 is 0.